The lowest BCUT2D eigenvalue weighted by atomic mass is 10.2. The lowest BCUT2D eigenvalue weighted by Crippen LogP contribution is -2.30. The highest BCUT2D eigenvalue weighted by atomic mass is 32.2. The van der Waals surface area contributed by atoms with Gasteiger partial charge >= 0.3 is 5.97 Å². The summed E-state index contributed by atoms with van der Waals surface area (Å²) in [5.41, 5.74) is 0.908. The zero-order chi connectivity index (χ0) is 22.4. The second kappa shape index (κ2) is 9.36. The van der Waals surface area contributed by atoms with Crippen LogP contribution in [0.15, 0.2) is 64.0 Å². The van der Waals surface area contributed by atoms with E-state index in [1.165, 1.54) is 19.2 Å². The Morgan fingerprint density at radius 2 is 1.94 bits per heavy atom. The molecule has 2 aromatic carbocycles. The van der Waals surface area contributed by atoms with Gasteiger partial charge in [-0.2, -0.15) is 4.72 Å². The molecular formula is C19H18N4O7S. The smallest absolute Gasteiger partial charge is 0.321 e. The predicted octanol–water partition coefficient (Wildman–Crippen LogP) is 2.31. The Bertz CT molecular complexity index is 1190. The zero-order valence-corrected chi connectivity index (χ0v) is 17.1. The van der Waals surface area contributed by atoms with Crippen LogP contribution in [0.5, 0.6) is 0 Å². The molecule has 11 nitrogen and oxygen atoms in total. The molecule has 0 saturated carbocycles. The lowest BCUT2D eigenvalue weighted by molar-refractivity contribution is -0.384. The second-order valence-electron chi connectivity index (χ2n) is 6.22. The van der Waals surface area contributed by atoms with Gasteiger partial charge in [0.05, 0.1) is 9.82 Å². The van der Waals surface area contributed by atoms with E-state index in [1.807, 2.05) is 30.3 Å². The second-order valence-corrected chi connectivity index (χ2v) is 7.99. The van der Waals surface area contributed by atoms with Gasteiger partial charge in [0.15, 0.2) is 5.76 Å². The van der Waals surface area contributed by atoms with Gasteiger partial charge in [-0.3, -0.25) is 14.9 Å². The van der Waals surface area contributed by atoms with Crippen LogP contribution < -0.4 is 10.0 Å². The maximum atomic E-state index is 12.4. The Morgan fingerprint density at radius 3 is 2.61 bits per heavy atom. The minimum absolute atomic E-state index is 0.158. The molecule has 0 fully saturated rings. The van der Waals surface area contributed by atoms with E-state index in [4.69, 9.17) is 9.26 Å². The zero-order valence-electron chi connectivity index (χ0n) is 16.3. The Labute approximate surface area is 177 Å². The molecule has 2 N–H and O–H groups in total. The third-order valence-corrected chi connectivity index (χ3v) is 5.55. The van der Waals surface area contributed by atoms with Crippen LogP contribution in [0.2, 0.25) is 0 Å². The first kappa shape index (κ1) is 21.9. The van der Waals surface area contributed by atoms with E-state index in [2.05, 4.69) is 15.2 Å². The summed E-state index contributed by atoms with van der Waals surface area (Å²) in [7, 11) is -2.69. The third-order valence-electron chi connectivity index (χ3n) is 4.15. The summed E-state index contributed by atoms with van der Waals surface area (Å²) >= 11 is 0. The SMILES string of the molecule is CNc1ccc(S(=O)(=O)NCC(=O)OCc2cc(-c3ccccc3)on2)cc1[N+](=O)[O-]. The van der Waals surface area contributed by atoms with E-state index in [1.54, 1.807) is 6.07 Å². The average molecular weight is 446 g/mol. The molecular weight excluding hydrogens is 428 g/mol. The number of anilines is 1. The maximum absolute atomic E-state index is 12.4. The highest BCUT2D eigenvalue weighted by Crippen LogP contribution is 2.27. The van der Waals surface area contributed by atoms with Crippen molar-refractivity contribution in [2.45, 2.75) is 11.5 Å². The largest absolute Gasteiger partial charge is 0.458 e. The Balaban J connectivity index is 1.57. The molecule has 1 aromatic heterocycles. The Morgan fingerprint density at radius 1 is 1.19 bits per heavy atom. The fourth-order valence-corrected chi connectivity index (χ4v) is 3.59. The Hall–Kier alpha value is -3.77. The Kier molecular flexibility index (Phi) is 6.62. The van der Waals surface area contributed by atoms with Gasteiger partial charge in [0.1, 0.15) is 24.5 Å². The molecule has 31 heavy (non-hydrogen) atoms. The van der Waals surface area contributed by atoms with Gasteiger partial charge in [-0.05, 0) is 12.1 Å². The highest BCUT2D eigenvalue weighted by molar-refractivity contribution is 7.89. The maximum Gasteiger partial charge on any atom is 0.321 e. The molecule has 0 atom stereocenters. The molecule has 12 heteroatoms. The quantitative estimate of drug-likeness (QED) is 0.286. The van der Waals surface area contributed by atoms with Crippen molar-refractivity contribution in [3.05, 3.63) is 70.4 Å². The monoisotopic (exact) mass is 446 g/mol. The summed E-state index contributed by atoms with van der Waals surface area (Å²) in [5, 5.41) is 17.5. The van der Waals surface area contributed by atoms with E-state index < -0.39 is 33.1 Å². The van der Waals surface area contributed by atoms with Gasteiger partial charge in [0.2, 0.25) is 10.0 Å². The number of benzene rings is 2. The van der Waals surface area contributed by atoms with Crippen molar-refractivity contribution in [3.8, 4) is 11.3 Å². The van der Waals surface area contributed by atoms with Crippen molar-refractivity contribution in [2.24, 2.45) is 0 Å². The molecule has 0 amide bonds. The van der Waals surface area contributed by atoms with Crippen molar-refractivity contribution in [3.63, 3.8) is 0 Å². The summed E-state index contributed by atoms with van der Waals surface area (Å²) in [6.45, 7) is -0.869. The number of carbonyl (C=O) groups excluding carboxylic acids is 1. The molecule has 0 bridgehead atoms. The summed E-state index contributed by atoms with van der Waals surface area (Å²) in [4.78, 5) is 22.0. The minimum Gasteiger partial charge on any atom is -0.458 e. The van der Waals surface area contributed by atoms with Crippen LogP contribution in [0.4, 0.5) is 11.4 Å². The van der Waals surface area contributed by atoms with Gasteiger partial charge in [-0.1, -0.05) is 35.5 Å². The molecule has 3 rings (SSSR count). The topological polar surface area (TPSA) is 154 Å². The predicted molar refractivity (Wildman–Crippen MR) is 110 cm³/mol. The molecule has 0 aliphatic carbocycles. The fourth-order valence-electron chi connectivity index (χ4n) is 2.60. The number of nitrogens with one attached hydrogen (secondary N) is 2. The van der Waals surface area contributed by atoms with Crippen LogP contribution in [0.3, 0.4) is 0 Å². The standard InChI is InChI=1S/C19H18N4O7S/c1-20-16-8-7-15(10-17(16)23(25)26)31(27,28)21-11-19(24)29-12-14-9-18(30-22-14)13-5-3-2-4-6-13/h2-10,20-21H,11-12H2,1H3. The molecule has 0 saturated heterocycles. The number of sulfonamides is 1. The average Bonchev–Trinajstić information content (AvgIpc) is 3.25. The number of nitro benzene ring substituents is 1. The van der Waals surface area contributed by atoms with E-state index in [-0.39, 0.29) is 17.2 Å². The highest BCUT2D eigenvalue weighted by Gasteiger charge is 2.22. The molecule has 0 aliphatic rings. The van der Waals surface area contributed by atoms with Crippen LogP contribution in [0, 0.1) is 10.1 Å². The van der Waals surface area contributed by atoms with Gasteiger partial charge in [-0.15, -0.1) is 0 Å². The normalized spacial score (nSPS) is 11.1. The van der Waals surface area contributed by atoms with Crippen molar-refractivity contribution in [2.75, 3.05) is 18.9 Å². The number of hydrogen-bond donors (Lipinski definition) is 2. The minimum atomic E-state index is -4.17. The number of nitrogens with zero attached hydrogens (tertiary/aromatic N) is 2. The molecule has 3 aromatic rings. The number of ether oxygens (including phenoxy) is 1. The van der Waals surface area contributed by atoms with Crippen LogP contribution in [-0.2, 0) is 26.2 Å². The summed E-state index contributed by atoms with van der Waals surface area (Å²) in [6.07, 6.45) is 0. The summed E-state index contributed by atoms with van der Waals surface area (Å²) in [5.74, 6) is -0.354. The summed E-state index contributed by atoms with van der Waals surface area (Å²) in [6, 6.07) is 14.2. The van der Waals surface area contributed by atoms with Crippen molar-refractivity contribution in [1.82, 2.24) is 9.88 Å². The van der Waals surface area contributed by atoms with Crippen LogP contribution in [0.25, 0.3) is 11.3 Å². The van der Waals surface area contributed by atoms with Gasteiger partial charge in [-0.25, -0.2) is 8.42 Å². The molecule has 0 unspecified atom stereocenters. The van der Waals surface area contributed by atoms with Gasteiger partial charge in [0.25, 0.3) is 5.69 Å². The van der Waals surface area contributed by atoms with Gasteiger partial charge in [0, 0.05) is 24.7 Å². The molecule has 1 heterocycles. The van der Waals surface area contributed by atoms with E-state index >= 15 is 0 Å². The number of hydrogen-bond acceptors (Lipinski definition) is 9. The summed E-state index contributed by atoms with van der Waals surface area (Å²) < 4.78 is 37.0. The lowest BCUT2D eigenvalue weighted by Gasteiger charge is -2.08. The molecule has 0 radical (unpaired) electrons. The number of rotatable bonds is 9. The van der Waals surface area contributed by atoms with E-state index in [0.717, 1.165) is 11.6 Å². The first-order valence-corrected chi connectivity index (χ1v) is 10.4. The fraction of sp³-hybridized carbons (Fsp3) is 0.158. The van der Waals surface area contributed by atoms with Crippen LogP contribution in [-0.4, -0.2) is 38.1 Å². The van der Waals surface area contributed by atoms with Crippen LogP contribution in [0.1, 0.15) is 5.69 Å². The van der Waals surface area contributed by atoms with Crippen molar-refractivity contribution < 1.29 is 27.4 Å². The molecule has 0 aliphatic heterocycles. The third kappa shape index (κ3) is 5.43. The molecule has 0 spiro atoms. The van der Waals surface area contributed by atoms with Crippen LogP contribution >= 0.6 is 0 Å². The van der Waals surface area contributed by atoms with Crippen molar-refractivity contribution >= 4 is 27.4 Å². The molecule has 162 valence electrons. The van der Waals surface area contributed by atoms with Gasteiger partial charge < -0.3 is 14.6 Å². The first-order chi connectivity index (χ1) is 14.8. The number of esters is 1. The number of carbonyl (C=O) groups is 1. The van der Waals surface area contributed by atoms with E-state index in [0.29, 0.717) is 11.5 Å². The first-order valence-electron chi connectivity index (χ1n) is 8.92. The van der Waals surface area contributed by atoms with Crippen molar-refractivity contribution in [1.29, 1.82) is 0 Å². The van der Waals surface area contributed by atoms with E-state index in [9.17, 15) is 23.3 Å². The number of aromatic nitrogens is 1. The number of nitro groups is 1.